The van der Waals surface area contributed by atoms with Crippen molar-refractivity contribution in [2.24, 2.45) is 7.05 Å². The van der Waals surface area contributed by atoms with E-state index in [0.717, 1.165) is 0 Å². The molecule has 0 fully saturated rings. The molecule has 0 unspecified atom stereocenters. The Hall–Kier alpha value is -2.61. The zero-order chi connectivity index (χ0) is 15.7. The minimum atomic E-state index is -0.318. The molecule has 0 saturated carbocycles. The van der Waals surface area contributed by atoms with Gasteiger partial charge in [0.05, 0.1) is 25.2 Å². The Morgan fingerprint density at radius 2 is 1.91 bits per heavy atom. The summed E-state index contributed by atoms with van der Waals surface area (Å²) < 4.78 is 21.9. The Morgan fingerprint density at radius 1 is 1.18 bits per heavy atom. The van der Waals surface area contributed by atoms with Crippen LogP contribution in [0.2, 0.25) is 0 Å². The highest BCUT2D eigenvalue weighted by Gasteiger charge is 2.15. The minimum Gasteiger partial charge on any atom is -0.480 e. The lowest BCUT2D eigenvalue weighted by Crippen LogP contribution is -2.00. The average Bonchev–Trinajstić information content (AvgIpc) is 2.84. The maximum absolute atomic E-state index is 13.1. The Balaban J connectivity index is 2.22. The lowest BCUT2D eigenvalue weighted by Gasteiger charge is -2.06. The van der Waals surface area contributed by atoms with E-state index in [9.17, 15) is 4.39 Å². The molecule has 6 nitrogen and oxygen atoms in total. The van der Waals surface area contributed by atoms with E-state index in [1.807, 2.05) is 0 Å². The first-order valence-corrected chi connectivity index (χ1v) is 6.79. The van der Waals surface area contributed by atoms with Crippen LogP contribution in [0.1, 0.15) is 0 Å². The number of hydrogen-bond acceptors (Lipinski definition) is 5. The Kier molecular flexibility index (Phi) is 3.68. The second-order valence-corrected chi connectivity index (χ2v) is 4.85. The van der Waals surface area contributed by atoms with Crippen molar-refractivity contribution >= 4 is 12.2 Å². The molecule has 8 heteroatoms. The van der Waals surface area contributed by atoms with Gasteiger partial charge in [0, 0.05) is 7.05 Å². The van der Waals surface area contributed by atoms with Gasteiger partial charge in [0.1, 0.15) is 11.5 Å². The molecule has 2 heterocycles. The predicted octanol–water partition coefficient (Wildman–Crippen LogP) is 2.54. The molecule has 0 bridgehead atoms. The number of benzene rings is 1. The van der Waals surface area contributed by atoms with Crippen LogP contribution >= 0.6 is 12.2 Å². The number of aromatic nitrogens is 5. The molecule has 1 aromatic carbocycles. The lowest BCUT2D eigenvalue weighted by molar-refractivity contribution is 0.396. The third kappa shape index (κ3) is 2.48. The highest BCUT2D eigenvalue weighted by Crippen LogP contribution is 2.21. The molecular formula is C14H12FN5OS. The quantitative estimate of drug-likeness (QED) is 0.695. The van der Waals surface area contributed by atoms with E-state index < -0.39 is 0 Å². The first kappa shape index (κ1) is 14.3. The van der Waals surface area contributed by atoms with Crippen LogP contribution in [0.4, 0.5) is 4.39 Å². The summed E-state index contributed by atoms with van der Waals surface area (Å²) in [5.41, 5.74) is 1.20. The fourth-order valence-corrected chi connectivity index (χ4v) is 2.24. The summed E-state index contributed by atoms with van der Waals surface area (Å²) in [6, 6.07) is 5.99. The standard InChI is InChI=1S/C14H12FN5OS/c1-19-14(22)20(10-5-3-9(15)4-6-10)13(18-19)11-7-16-8-12(17-11)21-2/h3-8H,1-2H3. The van der Waals surface area contributed by atoms with Gasteiger partial charge in [0.2, 0.25) is 10.7 Å². The minimum absolute atomic E-state index is 0.318. The van der Waals surface area contributed by atoms with E-state index in [1.54, 1.807) is 34.6 Å². The number of ether oxygens (including phenoxy) is 1. The SMILES string of the molecule is COc1cncc(-c2nn(C)c(=S)n2-c2ccc(F)cc2)n1. The maximum atomic E-state index is 13.1. The summed E-state index contributed by atoms with van der Waals surface area (Å²) in [7, 11) is 3.25. The first-order chi connectivity index (χ1) is 10.6. The number of nitrogens with zero attached hydrogens (tertiary/aromatic N) is 5. The molecule has 0 atom stereocenters. The normalized spacial score (nSPS) is 10.7. The van der Waals surface area contributed by atoms with Crippen LogP contribution in [0.5, 0.6) is 5.88 Å². The van der Waals surface area contributed by atoms with Crippen molar-refractivity contribution in [3.63, 3.8) is 0 Å². The van der Waals surface area contributed by atoms with Crippen LogP contribution in [0, 0.1) is 10.6 Å². The van der Waals surface area contributed by atoms with Gasteiger partial charge in [-0.25, -0.2) is 14.1 Å². The molecule has 22 heavy (non-hydrogen) atoms. The van der Waals surface area contributed by atoms with Gasteiger partial charge < -0.3 is 4.74 Å². The fraction of sp³-hybridized carbons (Fsp3) is 0.143. The number of halogens is 1. The summed E-state index contributed by atoms with van der Waals surface area (Å²) in [6.45, 7) is 0. The van der Waals surface area contributed by atoms with Crippen molar-refractivity contribution in [3.05, 3.63) is 47.2 Å². The molecule has 3 aromatic rings. The highest BCUT2D eigenvalue weighted by molar-refractivity contribution is 7.71. The van der Waals surface area contributed by atoms with Crippen LogP contribution in [0.25, 0.3) is 17.2 Å². The van der Waals surface area contributed by atoms with E-state index in [-0.39, 0.29) is 5.82 Å². The fourth-order valence-electron chi connectivity index (χ4n) is 2.01. The van der Waals surface area contributed by atoms with Crippen molar-refractivity contribution in [1.82, 2.24) is 24.3 Å². The van der Waals surface area contributed by atoms with Gasteiger partial charge in [0.15, 0.2) is 5.82 Å². The zero-order valence-corrected chi connectivity index (χ0v) is 12.7. The largest absolute Gasteiger partial charge is 0.480 e. The maximum Gasteiger partial charge on any atom is 0.232 e. The van der Waals surface area contributed by atoms with Crippen LogP contribution in [-0.2, 0) is 7.05 Å². The molecule has 0 aliphatic heterocycles. The molecule has 0 N–H and O–H groups in total. The molecule has 2 aromatic heterocycles. The third-order valence-electron chi connectivity index (χ3n) is 3.06. The van der Waals surface area contributed by atoms with Crippen molar-refractivity contribution in [3.8, 4) is 23.1 Å². The topological polar surface area (TPSA) is 57.8 Å². The number of aryl methyl sites for hydroxylation is 1. The highest BCUT2D eigenvalue weighted by atomic mass is 32.1. The first-order valence-electron chi connectivity index (χ1n) is 6.38. The second kappa shape index (κ2) is 5.64. The molecule has 0 aliphatic carbocycles. The molecule has 0 amide bonds. The Labute approximate surface area is 130 Å². The molecule has 0 saturated heterocycles. The summed E-state index contributed by atoms with van der Waals surface area (Å²) in [4.78, 5) is 8.39. The summed E-state index contributed by atoms with van der Waals surface area (Å²) >= 11 is 5.38. The zero-order valence-electron chi connectivity index (χ0n) is 11.9. The number of hydrogen-bond donors (Lipinski definition) is 0. The van der Waals surface area contributed by atoms with Crippen LogP contribution < -0.4 is 4.74 Å². The molecule has 112 valence electrons. The van der Waals surface area contributed by atoms with E-state index in [2.05, 4.69) is 15.1 Å². The number of rotatable bonds is 3. The van der Waals surface area contributed by atoms with Crippen molar-refractivity contribution in [1.29, 1.82) is 0 Å². The smallest absolute Gasteiger partial charge is 0.232 e. The van der Waals surface area contributed by atoms with Gasteiger partial charge in [-0.15, -0.1) is 5.10 Å². The summed E-state index contributed by atoms with van der Waals surface area (Å²) in [6.07, 6.45) is 3.07. The summed E-state index contributed by atoms with van der Waals surface area (Å²) in [5, 5.41) is 4.38. The molecule has 0 radical (unpaired) electrons. The predicted molar refractivity (Wildman–Crippen MR) is 80.9 cm³/mol. The van der Waals surface area contributed by atoms with Crippen molar-refractivity contribution in [2.45, 2.75) is 0 Å². The van der Waals surface area contributed by atoms with Gasteiger partial charge in [-0.1, -0.05) is 0 Å². The molecule has 0 aliphatic rings. The van der Waals surface area contributed by atoms with Crippen LogP contribution in [0.3, 0.4) is 0 Å². The van der Waals surface area contributed by atoms with E-state index >= 15 is 0 Å². The third-order valence-corrected chi connectivity index (χ3v) is 3.51. The Bertz CT molecular complexity index is 872. The van der Waals surface area contributed by atoms with Gasteiger partial charge in [0.25, 0.3) is 0 Å². The number of methoxy groups -OCH3 is 1. The van der Waals surface area contributed by atoms with Gasteiger partial charge >= 0.3 is 0 Å². The van der Waals surface area contributed by atoms with Gasteiger partial charge in [-0.3, -0.25) is 9.55 Å². The van der Waals surface area contributed by atoms with Gasteiger partial charge in [-0.2, -0.15) is 0 Å². The van der Waals surface area contributed by atoms with Crippen molar-refractivity contribution in [2.75, 3.05) is 7.11 Å². The van der Waals surface area contributed by atoms with Crippen LogP contribution in [0.15, 0.2) is 36.7 Å². The average molecular weight is 317 g/mol. The van der Waals surface area contributed by atoms with Crippen molar-refractivity contribution < 1.29 is 9.13 Å². The molecular weight excluding hydrogens is 305 g/mol. The van der Waals surface area contributed by atoms with E-state index in [0.29, 0.717) is 27.9 Å². The Morgan fingerprint density at radius 3 is 2.59 bits per heavy atom. The van der Waals surface area contributed by atoms with E-state index in [4.69, 9.17) is 17.0 Å². The molecule has 3 rings (SSSR count). The van der Waals surface area contributed by atoms with Crippen LogP contribution in [-0.4, -0.2) is 31.4 Å². The molecule has 0 spiro atoms. The van der Waals surface area contributed by atoms with E-state index in [1.165, 1.54) is 25.4 Å². The van der Waals surface area contributed by atoms with Gasteiger partial charge in [-0.05, 0) is 36.5 Å². The summed E-state index contributed by atoms with van der Waals surface area (Å²) in [5.74, 6) is 0.562. The second-order valence-electron chi connectivity index (χ2n) is 4.49. The lowest BCUT2D eigenvalue weighted by atomic mass is 10.3. The monoisotopic (exact) mass is 317 g/mol.